The first kappa shape index (κ1) is 15.6. The van der Waals surface area contributed by atoms with Gasteiger partial charge in [-0.05, 0) is 32.2 Å². The van der Waals surface area contributed by atoms with Crippen LogP contribution in [-0.4, -0.2) is 37.7 Å². The van der Waals surface area contributed by atoms with Crippen LogP contribution >= 0.6 is 0 Å². The Bertz CT molecular complexity index is 234. The molecule has 0 atom stereocenters. The van der Waals surface area contributed by atoms with Gasteiger partial charge in [0, 0.05) is 12.6 Å². The van der Waals surface area contributed by atoms with Crippen LogP contribution in [0.4, 0.5) is 26.3 Å². The fourth-order valence-electron chi connectivity index (χ4n) is 1.40. The van der Waals surface area contributed by atoms with Crippen molar-refractivity contribution in [3.63, 3.8) is 0 Å². The number of unbranched alkanes of at least 4 members (excludes halogenated alkanes) is 1. The van der Waals surface area contributed by atoms with Crippen molar-refractivity contribution >= 4 is 0 Å². The summed E-state index contributed by atoms with van der Waals surface area (Å²) < 4.78 is 76.2. The molecule has 1 aliphatic rings. The summed E-state index contributed by atoms with van der Waals surface area (Å²) in [4.78, 5) is 0. The maximum absolute atomic E-state index is 12.0. The van der Waals surface area contributed by atoms with Crippen LogP contribution in [0.3, 0.4) is 0 Å². The molecule has 1 rings (SSSR count). The zero-order chi connectivity index (χ0) is 13.8. The minimum absolute atomic E-state index is 0.169. The Hall–Kier alpha value is -0.500. The molecule has 108 valence electrons. The number of nitrogens with one attached hydrogen (secondary N) is 1. The molecule has 1 fully saturated rings. The summed E-state index contributed by atoms with van der Waals surface area (Å²) in [6, 6.07) is 0.476. The lowest BCUT2D eigenvalue weighted by Crippen LogP contribution is -2.44. The van der Waals surface area contributed by atoms with Gasteiger partial charge in [0.1, 0.15) is 0 Å². The number of ether oxygens (including phenoxy) is 1. The molecule has 1 saturated carbocycles. The lowest BCUT2D eigenvalue weighted by atomic mass is 10.3. The van der Waals surface area contributed by atoms with Gasteiger partial charge in [-0.1, -0.05) is 0 Å². The first-order valence-corrected chi connectivity index (χ1v) is 5.69. The second-order valence-corrected chi connectivity index (χ2v) is 4.27. The van der Waals surface area contributed by atoms with E-state index in [1.54, 1.807) is 0 Å². The van der Waals surface area contributed by atoms with E-state index < -0.39 is 25.1 Å². The van der Waals surface area contributed by atoms with E-state index >= 15 is 0 Å². The summed E-state index contributed by atoms with van der Waals surface area (Å²) >= 11 is 0. The Morgan fingerprint density at radius 3 is 2.00 bits per heavy atom. The first-order chi connectivity index (χ1) is 8.21. The fourth-order valence-corrected chi connectivity index (χ4v) is 1.40. The van der Waals surface area contributed by atoms with Crippen LogP contribution in [0.1, 0.15) is 25.7 Å². The van der Waals surface area contributed by atoms with Crippen LogP contribution in [-0.2, 0) is 4.74 Å². The SMILES string of the molecule is FC(F)(F)C(OCCCCNC1CC1)C(F)(F)F. The van der Waals surface area contributed by atoms with Crippen LogP contribution in [0.2, 0.25) is 0 Å². The molecule has 0 spiro atoms. The maximum atomic E-state index is 12.0. The summed E-state index contributed by atoms with van der Waals surface area (Å²) in [5, 5.41) is 3.11. The van der Waals surface area contributed by atoms with Crippen molar-refractivity contribution in [1.82, 2.24) is 5.32 Å². The molecular weight excluding hydrogens is 264 g/mol. The summed E-state index contributed by atoms with van der Waals surface area (Å²) in [6.45, 7) is 0.0484. The molecule has 0 radical (unpaired) electrons. The molecule has 0 amide bonds. The van der Waals surface area contributed by atoms with Crippen LogP contribution in [0, 0.1) is 0 Å². The van der Waals surface area contributed by atoms with Gasteiger partial charge in [0.15, 0.2) is 0 Å². The van der Waals surface area contributed by atoms with Crippen molar-refractivity contribution in [2.45, 2.75) is 50.2 Å². The lowest BCUT2D eigenvalue weighted by Gasteiger charge is -2.23. The number of hydrogen-bond donors (Lipinski definition) is 1. The quantitative estimate of drug-likeness (QED) is 0.571. The molecule has 18 heavy (non-hydrogen) atoms. The van der Waals surface area contributed by atoms with Crippen LogP contribution in [0.5, 0.6) is 0 Å². The minimum Gasteiger partial charge on any atom is -0.361 e. The van der Waals surface area contributed by atoms with E-state index in [1.807, 2.05) is 0 Å². The molecule has 0 aromatic rings. The van der Waals surface area contributed by atoms with E-state index in [0.717, 1.165) is 12.8 Å². The molecule has 8 heteroatoms. The molecule has 0 aromatic heterocycles. The molecule has 0 unspecified atom stereocenters. The van der Waals surface area contributed by atoms with Gasteiger partial charge in [-0.25, -0.2) is 0 Å². The molecule has 0 heterocycles. The third-order valence-electron chi connectivity index (χ3n) is 2.46. The molecule has 1 aliphatic carbocycles. The predicted molar refractivity (Wildman–Crippen MR) is 52.1 cm³/mol. The van der Waals surface area contributed by atoms with E-state index in [0.29, 0.717) is 19.0 Å². The van der Waals surface area contributed by atoms with Crippen molar-refractivity contribution in [2.75, 3.05) is 13.2 Å². The van der Waals surface area contributed by atoms with Gasteiger partial charge in [-0.2, -0.15) is 26.3 Å². The Balaban J connectivity index is 2.16. The molecule has 1 N–H and O–H groups in total. The third-order valence-corrected chi connectivity index (χ3v) is 2.46. The Labute approximate surface area is 101 Å². The van der Waals surface area contributed by atoms with Crippen LogP contribution in [0.15, 0.2) is 0 Å². The second-order valence-electron chi connectivity index (χ2n) is 4.27. The Morgan fingerprint density at radius 2 is 1.56 bits per heavy atom. The second kappa shape index (κ2) is 6.10. The van der Waals surface area contributed by atoms with Gasteiger partial charge in [0.2, 0.25) is 6.10 Å². The molecule has 2 nitrogen and oxygen atoms in total. The smallest absolute Gasteiger partial charge is 0.361 e. The largest absolute Gasteiger partial charge is 0.423 e. The van der Waals surface area contributed by atoms with Crippen molar-refractivity contribution in [3.05, 3.63) is 0 Å². The summed E-state index contributed by atoms with van der Waals surface area (Å²) in [6.07, 6.45) is -11.7. The van der Waals surface area contributed by atoms with Crippen molar-refractivity contribution in [1.29, 1.82) is 0 Å². The Kier molecular flexibility index (Phi) is 5.27. The van der Waals surface area contributed by atoms with Crippen molar-refractivity contribution < 1.29 is 31.1 Å². The highest BCUT2D eigenvalue weighted by atomic mass is 19.4. The van der Waals surface area contributed by atoms with Gasteiger partial charge in [-0.15, -0.1) is 0 Å². The van der Waals surface area contributed by atoms with Gasteiger partial charge < -0.3 is 10.1 Å². The molecule has 0 bridgehead atoms. The van der Waals surface area contributed by atoms with E-state index in [1.165, 1.54) is 0 Å². The number of hydrogen-bond acceptors (Lipinski definition) is 2. The monoisotopic (exact) mass is 279 g/mol. The lowest BCUT2D eigenvalue weighted by molar-refractivity contribution is -0.321. The van der Waals surface area contributed by atoms with Gasteiger partial charge in [0.25, 0.3) is 0 Å². The summed E-state index contributed by atoms with van der Waals surface area (Å²) in [5.74, 6) is 0. The zero-order valence-corrected chi connectivity index (χ0v) is 9.57. The average molecular weight is 279 g/mol. The van der Waals surface area contributed by atoms with Crippen LogP contribution < -0.4 is 5.32 Å². The zero-order valence-electron chi connectivity index (χ0n) is 9.57. The highest BCUT2D eigenvalue weighted by molar-refractivity contribution is 4.80. The van der Waals surface area contributed by atoms with E-state index in [9.17, 15) is 26.3 Å². The maximum Gasteiger partial charge on any atom is 0.423 e. The van der Waals surface area contributed by atoms with Gasteiger partial charge in [0.05, 0.1) is 0 Å². The summed E-state index contributed by atoms with van der Waals surface area (Å²) in [7, 11) is 0. The number of alkyl halides is 6. The van der Waals surface area contributed by atoms with Gasteiger partial charge >= 0.3 is 12.4 Å². The summed E-state index contributed by atoms with van der Waals surface area (Å²) in [5.41, 5.74) is 0. The minimum atomic E-state index is -5.41. The van der Waals surface area contributed by atoms with E-state index in [2.05, 4.69) is 10.1 Å². The highest BCUT2D eigenvalue weighted by Crippen LogP contribution is 2.35. The first-order valence-electron chi connectivity index (χ1n) is 5.69. The standard InChI is InChI=1S/C10H15F6NO/c11-9(12,13)8(10(14,15)16)18-6-2-1-5-17-7-3-4-7/h7-8,17H,1-6H2. The predicted octanol–water partition coefficient (Wildman–Crippen LogP) is 3.03. The van der Waals surface area contributed by atoms with E-state index in [4.69, 9.17) is 0 Å². The van der Waals surface area contributed by atoms with Gasteiger partial charge in [-0.3, -0.25) is 0 Å². The normalized spacial score (nSPS) is 17.5. The number of rotatable bonds is 7. The van der Waals surface area contributed by atoms with Crippen molar-refractivity contribution in [2.24, 2.45) is 0 Å². The molecule has 0 saturated heterocycles. The Morgan fingerprint density at radius 1 is 1.00 bits per heavy atom. The van der Waals surface area contributed by atoms with Crippen LogP contribution in [0.25, 0.3) is 0 Å². The average Bonchev–Trinajstić information content (AvgIpc) is 2.95. The van der Waals surface area contributed by atoms with E-state index in [-0.39, 0.29) is 6.42 Å². The fraction of sp³-hybridized carbons (Fsp3) is 1.00. The molecule has 0 aliphatic heterocycles. The molecular formula is C10H15F6NO. The van der Waals surface area contributed by atoms with Crippen molar-refractivity contribution in [3.8, 4) is 0 Å². The number of halogens is 6. The highest BCUT2D eigenvalue weighted by Gasteiger charge is 2.57. The third kappa shape index (κ3) is 5.90. The topological polar surface area (TPSA) is 21.3 Å². The molecule has 0 aromatic carbocycles.